The number of aromatic amines is 1. The number of carbonyl (C=O) groups excluding carboxylic acids is 2. The third-order valence-corrected chi connectivity index (χ3v) is 6.66. The highest BCUT2D eigenvalue weighted by Gasteiger charge is 2.29. The molecule has 1 aromatic heterocycles. The highest BCUT2D eigenvalue weighted by molar-refractivity contribution is 7.90. The van der Waals surface area contributed by atoms with Crippen molar-refractivity contribution in [1.29, 1.82) is 0 Å². The Morgan fingerprint density at radius 3 is 2.27 bits per heavy atom. The first kappa shape index (κ1) is 22.5. The molecule has 0 fully saturated rings. The summed E-state index contributed by atoms with van der Waals surface area (Å²) >= 11 is 0. The monoisotopic (exact) mass is 461 g/mol. The lowest BCUT2D eigenvalue weighted by Gasteiger charge is -2.17. The normalized spacial score (nSPS) is 12.4. The van der Waals surface area contributed by atoms with Crippen LogP contribution in [-0.2, 0) is 21.0 Å². The first-order valence-corrected chi connectivity index (χ1v) is 12.4. The second-order valence-electron chi connectivity index (χ2n) is 7.75. The van der Waals surface area contributed by atoms with E-state index in [0.717, 1.165) is 29.1 Å². The van der Waals surface area contributed by atoms with Crippen LogP contribution in [-0.4, -0.2) is 31.4 Å². The van der Waals surface area contributed by atoms with Gasteiger partial charge in [-0.3, -0.25) is 4.79 Å². The van der Waals surface area contributed by atoms with Gasteiger partial charge in [-0.25, -0.2) is 13.2 Å². The Morgan fingerprint density at radius 2 is 1.64 bits per heavy atom. The van der Waals surface area contributed by atoms with Crippen LogP contribution in [0.1, 0.15) is 44.9 Å². The van der Waals surface area contributed by atoms with Crippen molar-refractivity contribution in [3.8, 4) is 0 Å². The van der Waals surface area contributed by atoms with Crippen LogP contribution in [0.4, 0.5) is 0 Å². The number of aromatic nitrogens is 1. The summed E-state index contributed by atoms with van der Waals surface area (Å²) in [5.41, 5.74) is 3.12. The Hall–Kier alpha value is -3.71. The highest BCUT2D eigenvalue weighted by atomic mass is 32.2. The molecule has 0 aliphatic rings. The van der Waals surface area contributed by atoms with Crippen LogP contribution >= 0.6 is 0 Å². The van der Waals surface area contributed by atoms with Gasteiger partial charge in [0.15, 0.2) is 15.9 Å². The number of hydrogen-bond donors (Lipinski definition) is 1. The molecule has 6 nitrogen and oxygen atoms in total. The number of sulfone groups is 1. The van der Waals surface area contributed by atoms with Gasteiger partial charge in [-0.05, 0) is 36.2 Å². The first-order valence-electron chi connectivity index (χ1n) is 10.5. The Kier molecular flexibility index (Phi) is 6.16. The van der Waals surface area contributed by atoms with Crippen LogP contribution in [0.3, 0.4) is 0 Å². The molecule has 0 radical (unpaired) electrons. The van der Waals surface area contributed by atoms with Gasteiger partial charge in [-0.15, -0.1) is 0 Å². The summed E-state index contributed by atoms with van der Waals surface area (Å²) in [5.74, 6) is -1.06. The van der Waals surface area contributed by atoms with E-state index in [0.29, 0.717) is 11.1 Å². The van der Waals surface area contributed by atoms with E-state index in [1.54, 1.807) is 30.5 Å². The zero-order chi connectivity index (χ0) is 23.6. The maximum atomic E-state index is 13.6. The Morgan fingerprint density at radius 1 is 0.939 bits per heavy atom. The van der Waals surface area contributed by atoms with Crippen LogP contribution in [0.5, 0.6) is 0 Å². The first-order chi connectivity index (χ1) is 15.8. The summed E-state index contributed by atoms with van der Waals surface area (Å²) in [7, 11) is -3.39. The number of rotatable bonds is 7. The second-order valence-corrected chi connectivity index (χ2v) is 9.77. The van der Waals surface area contributed by atoms with Crippen molar-refractivity contribution in [2.45, 2.75) is 24.3 Å². The van der Waals surface area contributed by atoms with E-state index in [4.69, 9.17) is 4.74 Å². The van der Waals surface area contributed by atoms with E-state index < -0.39 is 21.9 Å². The molecule has 0 amide bonds. The standard InChI is InChI=1S/C26H23NO5S/c1-3-17-10-7-11-21-22(16-27-23(17)21)24(28)25(18-8-5-4-6-9-18)32-26(29)19-12-14-20(15-13-19)33(2,30)31/h4-16,25,27H,3H2,1-2H3. The van der Waals surface area contributed by atoms with Crippen molar-refractivity contribution in [2.24, 2.45) is 0 Å². The molecule has 0 saturated carbocycles. The maximum Gasteiger partial charge on any atom is 0.339 e. The summed E-state index contributed by atoms with van der Waals surface area (Å²) in [6.07, 6.45) is 2.40. The van der Waals surface area contributed by atoms with E-state index in [1.165, 1.54) is 24.3 Å². The van der Waals surface area contributed by atoms with Crippen molar-refractivity contribution in [2.75, 3.05) is 6.26 Å². The van der Waals surface area contributed by atoms with E-state index >= 15 is 0 Å². The Bertz CT molecular complexity index is 1420. The van der Waals surface area contributed by atoms with Crippen LogP contribution < -0.4 is 0 Å². The topological polar surface area (TPSA) is 93.3 Å². The molecule has 4 aromatic rings. The number of ketones is 1. The molecular formula is C26H23NO5S. The largest absolute Gasteiger partial charge is 0.445 e. The number of fused-ring (bicyclic) bond motifs is 1. The molecule has 4 rings (SSSR count). The molecule has 33 heavy (non-hydrogen) atoms. The van der Waals surface area contributed by atoms with Crippen LogP contribution in [0.15, 0.2) is 83.9 Å². The quantitative estimate of drug-likeness (QED) is 0.312. The van der Waals surface area contributed by atoms with E-state index in [1.807, 2.05) is 31.2 Å². The number of hydrogen-bond acceptors (Lipinski definition) is 5. The van der Waals surface area contributed by atoms with Crippen LogP contribution in [0.2, 0.25) is 0 Å². The minimum atomic E-state index is -3.39. The summed E-state index contributed by atoms with van der Waals surface area (Å²) in [6.45, 7) is 2.04. The van der Waals surface area contributed by atoms with E-state index in [-0.39, 0.29) is 16.2 Å². The smallest absolute Gasteiger partial charge is 0.339 e. The molecule has 1 atom stereocenters. The van der Waals surface area contributed by atoms with Gasteiger partial charge in [0.2, 0.25) is 5.78 Å². The number of H-pyrrole nitrogens is 1. The van der Waals surface area contributed by atoms with Gasteiger partial charge in [0.25, 0.3) is 0 Å². The van der Waals surface area contributed by atoms with E-state index in [9.17, 15) is 18.0 Å². The number of nitrogens with one attached hydrogen (secondary N) is 1. The van der Waals surface area contributed by atoms with Gasteiger partial charge in [-0.1, -0.05) is 55.5 Å². The third-order valence-electron chi connectivity index (χ3n) is 5.53. The second kappa shape index (κ2) is 9.03. The van der Waals surface area contributed by atoms with Crippen molar-refractivity contribution >= 4 is 32.5 Å². The van der Waals surface area contributed by atoms with Crippen molar-refractivity contribution in [3.63, 3.8) is 0 Å². The number of esters is 1. The lowest BCUT2D eigenvalue weighted by Crippen LogP contribution is -2.20. The van der Waals surface area contributed by atoms with Gasteiger partial charge in [0.05, 0.1) is 10.5 Å². The van der Waals surface area contributed by atoms with Crippen molar-refractivity contribution in [1.82, 2.24) is 4.98 Å². The number of Topliss-reactive ketones (excluding diaryl/α,β-unsaturated/α-hetero) is 1. The van der Waals surface area contributed by atoms with Crippen LogP contribution in [0.25, 0.3) is 10.9 Å². The lowest BCUT2D eigenvalue weighted by atomic mass is 9.98. The van der Waals surface area contributed by atoms with Crippen molar-refractivity contribution < 1.29 is 22.7 Å². The summed E-state index contributed by atoms with van der Waals surface area (Å²) in [4.78, 5) is 29.8. The number of para-hydroxylation sites is 1. The number of ether oxygens (including phenoxy) is 1. The summed E-state index contributed by atoms with van der Waals surface area (Å²) in [5, 5.41) is 0.772. The van der Waals surface area contributed by atoms with Crippen molar-refractivity contribution in [3.05, 3.63) is 101 Å². The minimum Gasteiger partial charge on any atom is -0.445 e. The molecule has 0 saturated heterocycles. The molecule has 0 aliphatic heterocycles. The molecule has 1 unspecified atom stereocenters. The predicted octanol–water partition coefficient (Wildman–Crippen LogP) is 4.91. The lowest BCUT2D eigenvalue weighted by molar-refractivity contribution is 0.0280. The molecule has 168 valence electrons. The maximum absolute atomic E-state index is 13.6. The molecule has 7 heteroatoms. The Balaban J connectivity index is 1.70. The zero-order valence-electron chi connectivity index (χ0n) is 18.2. The third kappa shape index (κ3) is 4.59. The Labute approximate surface area is 192 Å². The number of carbonyl (C=O) groups is 2. The van der Waals surface area contributed by atoms with E-state index in [2.05, 4.69) is 4.98 Å². The molecule has 0 bridgehead atoms. The molecule has 1 heterocycles. The number of aryl methyl sites for hydroxylation is 1. The minimum absolute atomic E-state index is 0.0975. The van der Waals surface area contributed by atoms with Gasteiger partial charge in [-0.2, -0.15) is 0 Å². The SMILES string of the molecule is CCc1cccc2c(C(=O)C(OC(=O)c3ccc(S(C)(=O)=O)cc3)c3ccccc3)c[nH]c12. The van der Waals surface area contributed by atoms with Gasteiger partial charge in [0.1, 0.15) is 0 Å². The molecule has 0 spiro atoms. The highest BCUT2D eigenvalue weighted by Crippen LogP contribution is 2.29. The summed E-state index contributed by atoms with van der Waals surface area (Å²) in [6, 6.07) is 20.0. The zero-order valence-corrected chi connectivity index (χ0v) is 19.1. The van der Waals surface area contributed by atoms with Crippen LogP contribution in [0, 0.1) is 0 Å². The van der Waals surface area contributed by atoms with Gasteiger partial charge >= 0.3 is 5.97 Å². The molecule has 1 N–H and O–H groups in total. The average molecular weight is 462 g/mol. The van der Waals surface area contributed by atoms with Gasteiger partial charge < -0.3 is 9.72 Å². The molecular weight excluding hydrogens is 438 g/mol. The van der Waals surface area contributed by atoms with Gasteiger partial charge in [0, 0.05) is 34.5 Å². The number of benzene rings is 3. The fourth-order valence-electron chi connectivity index (χ4n) is 3.77. The predicted molar refractivity (Wildman–Crippen MR) is 126 cm³/mol. The summed E-state index contributed by atoms with van der Waals surface area (Å²) < 4.78 is 29.1. The molecule has 3 aromatic carbocycles. The molecule has 0 aliphatic carbocycles. The average Bonchev–Trinajstić information content (AvgIpc) is 3.26. The fourth-order valence-corrected chi connectivity index (χ4v) is 4.40. The fraction of sp³-hybridized carbons (Fsp3) is 0.154.